The third kappa shape index (κ3) is 3.07. The quantitative estimate of drug-likeness (QED) is 0.519. The Morgan fingerprint density at radius 2 is 2.22 bits per heavy atom. The fraction of sp³-hybridized carbons (Fsp3) is 0.300. The first-order valence-corrected chi connectivity index (χ1v) is 5.22. The molecular weight excluding hydrogens is 267 g/mol. The Kier molecular flexibility index (Phi) is 4.43. The zero-order valence-corrected chi connectivity index (χ0v) is 10.3. The van der Waals surface area contributed by atoms with Gasteiger partial charge in [0.1, 0.15) is 17.5 Å². The summed E-state index contributed by atoms with van der Waals surface area (Å²) in [4.78, 5) is 21.2. The molecule has 0 radical (unpaired) electrons. The number of hydrogen-bond donors (Lipinski definition) is 1. The third-order valence-corrected chi connectivity index (χ3v) is 2.45. The van der Waals surface area contributed by atoms with Gasteiger partial charge in [0, 0.05) is 0 Å². The van der Waals surface area contributed by atoms with Crippen LogP contribution in [0.2, 0.25) is 5.02 Å². The fourth-order valence-corrected chi connectivity index (χ4v) is 1.44. The van der Waals surface area contributed by atoms with E-state index >= 15 is 0 Å². The van der Waals surface area contributed by atoms with E-state index in [2.05, 4.69) is 10.1 Å². The van der Waals surface area contributed by atoms with Gasteiger partial charge in [-0.25, -0.2) is 9.18 Å². The summed E-state index contributed by atoms with van der Waals surface area (Å²) in [6.07, 6.45) is 0. The zero-order chi connectivity index (χ0) is 13.9. The standard InChI is InChI=1S/C10H10ClFN2O4/c1-5(10(15)18-2)13-8-3-6(11)7(12)4-9(8)14(16)17/h3-5,13H,1-2H3. The number of anilines is 1. The predicted octanol–water partition coefficient (Wildman–Crippen LogP) is 2.36. The average Bonchev–Trinajstić information content (AvgIpc) is 2.31. The highest BCUT2D eigenvalue weighted by Gasteiger charge is 2.21. The molecule has 0 saturated carbocycles. The van der Waals surface area contributed by atoms with Crippen LogP contribution >= 0.6 is 11.6 Å². The SMILES string of the molecule is COC(=O)C(C)Nc1cc(Cl)c(F)cc1[N+](=O)[O-]. The first-order chi connectivity index (χ1) is 8.36. The number of halogens is 2. The maximum atomic E-state index is 13.1. The van der Waals surface area contributed by atoms with Crippen LogP contribution in [0.15, 0.2) is 12.1 Å². The number of nitro groups is 1. The van der Waals surface area contributed by atoms with E-state index < -0.39 is 28.4 Å². The molecule has 0 spiro atoms. The lowest BCUT2D eigenvalue weighted by molar-refractivity contribution is -0.384. The number of nitrogens with zero attached hydrogens (tertiary/aromatic N) is 1. The monoisotopic (exact) mass is 276 g/mol. The Bertz CT molecular complexity index is 495. The van der Waals surface area contributed by atoms with Crippen molar-refractivity contribution in [3.05, 3.63) is 33.1 Å². The number of nitrogens with one attached hydrogen (secondary N) is 1. The molecule has 1 atom stereocenters. The second-order valence-electron chi connectivity index (χ2n) is 3.43. The van der Waals surface area contributed by atoms with Gasteiger partial charge in [-0.1, -0.05) is 11.6 Å². The first kappa shape index (κ1) is 14.2. The molecule has 0 saturated heterocycles. The van der Waals surface area contributed by atoms with Crippen molar-refractivity contribution >= 4 is 28.9 Å². The lowest BCUT2D eigenvalue weighted by Gasteiger charge is -2.13. The average molecular weight is 277 g/mol. The minimum atomic E-state index is -0.903. The summed E-state index contributed by atoms with van der Waals surface area (Å²) in [7, 11) is 1.19. The van der Waals surface area contributed by atoms with E-state index in [0.717, 1.165) is 6.07 Å². The number of nitro benzene ring substituents is 1. The molecule has 18 heavy (non-hydrogen) atoms. The van der Waals surface area contributed by atoms with Gasteiger partial charge in [-0.2, -0.15) is 0 Å². The number of esters is 1. The molecule has 1 unspecified atom stereocenters. The van der Waals surface area contributed by atoms with Gasteiger partial charge in [0.25, 0.3) is 5.69 Å². The van der Waals surface area contributed by atoms with Gasteiger partial charge in [-0.15, -0.1) is 0 Å². The Balaban J connectivity index is 3.11. The van der Waals surface area contributed by atoms with Crippen molar-refractivity contribution in [3.63, 3.8) is 0 Å². The molecule has 0 aliphatic rings. The molecule has 0 heterocycles. The maximum absolute atomic E-state index is 13.1. The minimum Gasteiger partial charge on any atom is -0.467 e. The fourth-order valence-electron chi connectivity index (χ4n) is 1.27. The summed E-state index contributed by atoms with van der Waals surface area (Å²) in [6.45, 7) is 1.45. The highest BCUT2D eigenvalue weighted by molar-refractivity contribution is 6.31. The van der Waals surface area contributed by atoms with Gasteiger partial charge in [0.2, 0.25) is 0 Å². The minimum absolute atomic E-state index is 0.0516. The highest BCUT2D eigenvalue weighted by atomic mass is 35.5. The summed E-state index contributed by atoms with van der Waals surface area (Å²) in [5.74, 6) is -1.51. The first-order valence-electron chi connectivity index (χ1n) is 4.84. The topological polar surface area (TPSA) is 81.5 Å². The van der Waals surface area contributed by atoms with Crippen LogP contribution in [-0.2, 0) is 9.53 Å². The van der Waals surface area contributed by atoms with Crippen LogP contribution in [0, 0.1) is 15.9 Å². The number of rotatable bonds is 4. The van der Waals surface area contributed by atoms with Crippen molar-refractivity contribution < 1.29 is 18.8 Å². The Labute approximate surface area is 107 Å². The Morgan fingerprint density at radius 3 is 2.72 bits per heavy atom. The van der Waals surface area contributed by atoms with Crippen molar-refractivity contribution in [1.82, 2.24) is 0 Å². The summed E-state index contributed by atoms with van der Waals surface area (Å²) < 4.78 is 17.6. The van der Waals surface area contributed by atoms with Crippen molar-refractivity contribution in [2.24, 2.45) is 0 Å². The summed E-state index contributed by atoms with van der Waals surface area (Å²) in [5.41, 5.74) is -0.558. The molecule has 0 aromatic heterocycles. The molecule has 6 nitrogen and oxygen atoms in total. The van der Waals surface area contributed by atoms with E-state index in [1.165, 1.54) is 14.0 Å². The van der Waals surface area contributed by atoms with Crippen LogP contribution in [0.4, 0.5) is 15.8 Å². The lowest BCUT2D eigenvalue weighted by Crippen LogP contribution is -2.27. The molecule has 8 heteroatoms. The predicted molar refractivity (Wildman–Crippen MR) is 63.2 cm³/mol. The van der Waals surface area contributed by atoms with Crippen molar-refractivity contribution in [2.75, 3.05) is 12.4 Å². The lowest BCUT2D eigenvalue weighted by atomic mass is 10.2. The Hall–Kier alpha value is -1.89. The van der Waals surface area contributed by atoms with E-state index in [-0.39, 0.29) is 10.7 Å². The maximum Gasteiger partial charge on any atom is 0.327 e. The number of ether oxygens (including phenoxy) is 1. The van der Waals surface area contributed by atoms with Crippen molar-refractivity contribution in [3.8, 4) is 0 Å². The largest absolute Gasteiger partial charge is 0.467 e. The number of hydrogen-bond acceptors (Lipinski definition) is 5. The molecule has 0 aliphatic carbocycles. The normalized spacial score (nSPS) is 11.8. The van der Waals surface area contributed by atoms with Gasteiger partial charge >= 0.3 is 5.97 Å². The highest BCUT2D eigenvalue weighted by Crippen LogP contribution is 2.30. The van der Waals surface area contributed by atoms with Crippen LogP contribution in [0.3, 0.4) is 0 Å². The van der Waals surface area contributed by atoms with Crippen LogP contribution in [0.25, 0.3) is 0 Å². The van der Waals surface area contributed by atoms with E-state index in [1.807, 2.05) is 0 Å². The van der Waals surface area contributed by atoms with Gasteiger partial charge in [0.05, 0.1) is 23.1 Å². The van der Waals surface area contributed by atoms with Gasteiger partial charge in [-0.05, 0) is 13.0 Å². The summed E-state index contributed by atoms with van der Waals surface area (Å²) in [6, 6.07) is 0.915. The van der Waals surface area contributed by atoms with Crippen LogP contribution in [0.1, 0.15) is 6.92 Å². The smallest absolute Gasteiger partial charge is 0.327 e. The summed E-state index contributed by atoms with van der Waals surface area (Å²) in [5, 5.41) is 13.0. The van der Waals surface area contributed by atoms with Crippen LogP contribution < -0.4 is 5.32 Å². The van der Waals surface area contributed by atoms with Crippen LogP contribution in [0.5, 0.6) is 0 Å². The molecule has 0 fully saturated rings. The van der Waals surface area contributed by atoms with Gasteiger partial charge in [0.15, 0.2) is 0 Å². The molecule has 0 aliphatic heterocycles. The number of carbonyl (C=O) groups is 1. The molecule has 1 rings (SSSR count). The molecule has 1 aromatic rings. The molecule has 98 valence electrons. The van der Waals surface area contributed by atoms with Gasteiger partial charge in [-0.3, -0.25) is 10.1 Å². The van der Waals surface area contributed by atoms with Crippen molar-refractivity contribution in [2.45, 2.75) is 13.0 Å². The van der Waals surface area contributed by atoms with E-state index in [0.29, 0.717) is 6.07 Å². The number of carbonyl (C=O) groups excluding carboxylic acids is 1. The molecule has 1 aromatic carbocycles. The third-order valence-electron chi connectivity index (χ3n) is 2.16. The second-order valence-corrected chi connectivity index (χ2v) is 3.84. The van der Waals surface area contributed by atoms with E-state index in [4.69, 9.17) is 11.6 Å². The second kappa shape index (κ2) is 5.63. The summed E-state index contributed by atoms with van der Waals surface area (Å²) >= 11 is 5.53. The number of methoxy groups -OCH3 is 1. The van der Waals surface area contributed by atoms with E-state index in [9.17, 15) is 19.3 Å². The molecule has 0 amide bonds. The molecule has 1 N–H and O–H groups in total. The number of benzene rings is 1. The van der Waals surface area contributed by atoms with E-state index in [1.54, 1.807) is 0 Å². The zero-order valence-electron chi connectivity index (χ0n) is 9.57. The Morgan fingerprint density at radius 1 is 1.61 bits per heavy atom. The molecule has 0 bridgehead atoms. The molecular formula is C10H10ClFN2O4. The van der Waals surface area contributed by atoms with Crippen LogP contribution in [-0.4, -0.2) is 24.0 Å². The van der Waals surface area contributed by atoms with Crippen molar-refractivity contribution in [1.29, 1.82) is 0 Å². The van der Waals surface area contributed by atoms with Gasteiger partial charge < -0.3 is 10.1 Å².